The molecule has 0 aliphatic heterocycles. The third kappa shape index (κ3) is 752. The maximum Gasteiger partial charge on any atom is 2.00 e. The average Bonchev–Trinajstić information content (AvgIpc) is 2.66. The number of carbonyl (C=O) groups is 6. The van der Waals surface area contributed by atoms with E-state index < -0.39 is 35.8 Å². The number of carboxylic acid groups (broad SMARTS) is 6. The van der Waals surface area contributed by atoms with Crippen molar-refractivity contribution in [1.82, 2.24) is 0 Å². The summed E-state index contributed by atoms with van der Waals surface area (Å²) in [6.07, 6.45) is 1.22. The van der Waals surface area contributed by atoms with Crippen molar-refractivity contribution >= 4 is 35.8 Å². The van der Waals surface area contributed by atoms with Crippen molar-refractivity contribution in [2.24, 2.45) is 22.9 Å². The largest absolute Gasteiger partial charge is 2.00 e. The number of nitrogens with two attached hydrogens (primary N) is 4. The van der Waals surface area contributed by atoms with Crippen LogP contribution in [0.5, 0.6) is 0 Å². The summed E-state index contributed by atoms with van der Waals surface area (Å²) < 4.78 is 0. The van der Waals surface area contributed by atoms with E-state index in [-0.39, 0.29) is 76.5 Å². The maximum atomic E-state index is 8.89. The fourth-order valence-corrected chi connectivity index (χ4v) is 0.567. The summed E-state index contributed by atoms with van der Waals surface area (Å²) in [5, 5.41) is 69.8. The van der Waals surface area contributed by atoms with Gasteiger partial charge in [0.25, 0.3) is 0 Å². The van der Waals surface area contributed by atoms with E-state index in [1.807, 2.05) is 0 Å². The van der Waals surface area contributed by atoms with Crippen molar-refractivity contribution in [3.05, 3.63) is 0 Å². The van der Waals surface area contributed by atoms with Crippen LogP contribution in [0.25, 0.3) is 0 Å². The monoisotopic (exact) mass is 730 g/mol. The first-order valence-electron chi connectivity index (χ1n) is 10.2. The predicted molar refractivity (Wildman–Crippen MR) is 122 cm³/mol. The van der Waals surface area contributed by atoms with Crippen LogP contribution in [0.3, 0.4) is 0 Å². The summed E-state index contributed by atoms with van der Waals surface area (Å²) in [6, 6.07) is -0.0463. The number of carboxylic acids is 6. The van der Waals surface area contributed by atoms with E-state index in [2.05, 4.69) is 0 Å². The van der Waals surface area contributed by atoms with Gasteiger partial charge in [-0.3, -0.25) is 0 Å². The number of aliphatic hydroxyl groups excluding tert-OH is 2. The normalized spacial score (nSPS) is 8.49. The van der Waals surface area contributed by atoms with Crippen LogP contribution < -0.4 is 53.6 Å². The first-order chi connectivity index (χ1) is 17.0. The molecule has 0 bridgehead atoms. The Morgan fingerprint density at radius 3 is 0.610 bits per heavy atom. The summed E-state index contributed by atoms with van der Waals surface area (Å²) in [5.41, 5.74) is 20.8. The summed E-state index contributed by atoms with van der Waals surface area (Å²) in [5.74, 6) is -6.50. The van der Waals surface area contributed by atoms with Gasteiger partial charge < -0.3 is 92.6 Å². The number of hydrogen-bond acceptors (Lipinski definition) is 18. The molecule has 0 fully saturated rings. The minimum Gasteiger partial charge on any atom is -0.550 e. The molecule has 2 unspecified atom stereocenters. The Morgan fingerprint density at radius 2 is 0.585 bits per heavy atom. The van der Waals surface area contributed by atoms with E-state index in [1.165, 1.54) is 0 Å². The van der Waals surface area contributed by atoms with E-state index >= 15 is 0 Å². The molecule has 21 heteroatoms. The van der Waals surface area contributed by atoms with E-state index in [1.54, 1.807) is 0 Å². The molecule has 41 heavy (non-hydrogen) atoms. The molecule has 0 aliphatic carbocycles. The Kier molecular flexibility index (Phi) is 117. The van der Waals surface area contributed by atoms with Gasteiger partial charge in [0.05, 0.1) is 0 Å². The molecule has 0 radical (unpaired) electrons. The fourth-order valence-electron chi connectivity index (χ4n) is 0.567. The Bertz CT molecular complexity index is 450. The van der Waals surface area contributed by atoms with E-state index in [9.17, 15) is 0 Å². The molecule has 0 saturated heterocycles. The smallest absolute Gasteiger partial charge is 0.550 e. The molecule has 250 valence electrons. The standard InChI is InChI=1S/2C4H12N2O.6C2H4O2.3Fe/c2*5-3-4(6)1-2-7;6*1-2(3)4;;;/h2*4,7H,1-3,5-6H2;6*1H3,(H,3,4);;;/q;;;;;;;;3*+2/p-6. The zero-order chi connectivity index (χ0) is 32.9. The molecule has 10 N–H and O–H groups in total. The van der Waals surface area contributed by atoms with Gasteiger partial charge in [0.2, 0.25) is 0 Å². The van der Waals surface area contributed by atoms with Crippen molar-refractivity contribution in [3.8, 4) is 0 Å². The van der Waals surface area contributed by atoms with Crippen LogP contribution in [0.4, 0.5) is 0 Å². The maximum absolute atomic E-state index is 8.89. The Labute approximate surface area is 271 Å². The number of aliphatic carboxylic acids is 6. The van der Waals surface area contributed by atoms with Gasteiger partial charge in [-0.05, 0) is 54.4 Å². The molecule has 0 aromatic rings. The molecule has 0 aromatic heterocycles. The zero-order valence-electron chi connectivity index (χ0n) is 23.6. The van der Waals surface area contributed by atoms with Crippen molar-refractivity contribution in [2.75, 3.05) is 26.3 Å². The molecular weight excluding hydrogens is 688 g/mol. The van der Waals surface area contributed by atoms with Gasteiger partial charge in [-0.15, -0.1) is 0 Å². The van der Waals surface area contributed by atoms with Crippen LogP contribution in [0, 0.1) is 0 Å². The zero-order valence-corrected chi connectivity index (χ0v) is 26.9. The van der Waals surface area contributed by atoms with Gasteiger partial charge in [-0.25, -0.2) is 0 Å². The summed E-state index contributed by atoms with van der Waals surface area (Å²) in [6.45, 7) is 7.03. The van der Waals surface area contributed by atoms with Crippen LogP contribution in [0.2, 0.25) is 0 Å². The van der Waals surface area contributed by atoms with Crippen LogP contribution in [0.15, 0.2) is 0 Å². The van der Waals surface area contributed by atoms with Gasteiger partial charge >= 0.3 is 51.2 Å². The van der Waals surface area contributed by atoms with E-state index in [0.717, 1.165) is 41.5 Å². The second-order valence-corrected chi connectivity index (χ2v) is 5.97. The first-order valence-corrected chi connectivity index (χ1v) is 10.2. The molecule has 0 aromatic carbocycles. The molecule has 0 aliphatic rings. The number of carbonyl (C=O) groups excluding carboxylic acids is 6. The number of aliphatic hydroxyl groups is 2. The average molecular weight is 730 g/mol. The second kappa shape index (κ2) is 66.4. The van der Waals surface area contributed by atoms with Crippen molar-refractivity contribution in [1.29, 1.82) is 0 Å². The van der Waals surface area contributed by atoms with Crippen molar-refractivity contribution < 1.29 is 121 Å². The minimum absolute atomic E-state index is 0. The molecule has 0 rings (SSSR count). The molecule has 0 spiro atoms. The molecule has 2 atom stereocenters. The Balaban J connectivity index is -0.0000000280. The Hall–Kier alpha value is -1.86. The molecular formula is C20H42Fe3N4O14. The fraction of sp³-hybridized carbons (Fsp3) is 0.700. The third-order valence-corrected chi connectivity index (χ3v) is 1.61. The molecule has 0 amide bonds. The molecule has 0 heterocycles. The Morgan fingerprint density at radius 1 is 0.488 bits per heavy atom. The van der Waals surface area contributed by atoms with Crippen LogP contribution in [0.1, 0.15) is 54.4 Å². The number of rotatable bonds is 6. The number of hydrogen-bond donors (Lipinski definition) is 6. The van der Waals surface area contributed by atoms with Crippen LogP contribution in [-0.2, 0) is 80.0 Å². The van der Waals surface area contributed by atoms with Crippen molar-refractivity contribution in [3.63, 3.8) is 0 Å². The summed E-state index contributed by atoms with van der Waals surface area (Å²) in [7, 11) is 0. The summed E-state index contributed by atoms with van der Waals surface area (Å²) >= 11 is 0. The third-order valence-electron chi connectivity index (χ3n) is 1.61. The second-order valence-electron chi connectivity index (χ2n) is 5.97. The van der Waals surface area contributed by atoms with Gasteiger partial charge in [-0.2, -0.15) is 0 Å². The van der Waals surface area contributed by atoms with Crippen LogP contribution in [-0.4, -0.2) is 84.4 Å². The van der Waals surface area contributed by atoms with E-state index in [4.69, 9.17) is 92.6 Å². The predicted octanol–water partition coefficient (Wildman–Crippen LogP) is -10.2. The minimum atomic E-state index is -1.08. The van der Waals surface area contributed by atoms with Gasteiger partial charge in [0, 0.05) is 74.2 Å². The van der Waals surface area contributed by atoms with Crippen molar-refractivity contribution in [2.45, 2.75) is 66.5 Å². The first kappa shape index (κ1) is 71.9. The van der Waals surface area contributed by atoms with Gasteiger partial charge in [0.15, 0.2) is 0 Å². The van der Waals surface area contributed by atoms with Gasteiger partial charge in [-0.1, -0.05) is 0 Å². The van der Waals surface area contributed by atoms with E-state index in [0.29, 0.717) is 25.9 Å². The molecule has 18 nitrogen and oxygen atoms in total. The summed E-state index contributed by atoms with van der Waals surface area (Å²) in [4.78, 5) is 53.3. The quantitative estimate of drug-likeness (QED) is 0.138. The molecule has 0 saturated carbocycles. The van der Waals surface area contributed by atoms with Gasteiger partial charge in [0.1, 0.15) is 0 Å². The SMILES string of the molecule is CC(=O)[O-].CC(=O)[O-].CC(=O)[O-].CC(=O)[O-].CC(=O)[O-].CC(=O)[O-].NCC(N)CCO.NCC(N)CCO.[Fe+2].[Fe+2].[Fe+2]. The topological polar surface area (TPSA) is 385 Å². The van der Waals surface area contributed by atoms with Crippen LogP contribution >= 0.6 is 0 Å².